The minimum atomic E-state index is -0.156. The number of rotatable bonds is 9. The van der Waals surface area contributed by atoms with Gasteiger partial charge in [0.15, 0.2) is 0 Å². The smallest absolute Gasteiger partial charge is 0.251 e. The van der Waals surface area contributed by atoms with E-state index in [1.807, 2.05) is 29.2 Å². The molecule has 0 aromatic heterocycles. The third-order valence-electron chi connectivity index (χ3n) is 5.19. The topological polar surface area (TPSA) is 61.9 Å². The molecule has 1 fully saturated rings. The van der Waals surface area contributed by atoms with Crippen LogP contribution >= 0.6 is 23.2 Å². The summed E-state index contributed by atoms with van der Waals surface area (Å²) in [5.41, 5.74) is 0.561. The number of nitrogens with zero attached hydrogens (tertiary/aromatic N) is 2. The fourth-order valence-corrected chi connectivity index (χ4v) is 3.69. The van der Waals surface area contributed by atoms with Crippen LogP contribution < -0.4 is 10.1 Å². The van der Waals surface area contributed by atoms with Gasteiger partial charge >= 0.3 is 0 Å². The highest BCUT2D eigenvalue weighted by Gasteiger charge is 2.20. The third kappa shape index (κ3) is 7.42. The van der Waals surface area contributed by atoms with Crippen LogP contribution in [0.4, 0.5) is 0 Å². The molecule has 0 spiro atoms. The first-order valence-electron chi connectivity index (χ1n) is 10.4. The molecule has 0 aliphatic carbocycles. The summed E-state index contributed by atoms with van der Waals surface area (Å²) in [4.78, 5) is 28.7. The highest BCUT2D eigenvalue weighted by atomic mass is 35.5. The average molecular weight is 464 g/mol. The van der Waals surface area contributed by atoms with Crippen LogP contribution in [-0.4, -0.2) is 67.5 Å². The number of nitrogens with one attached hydrogen (secondary N) is 1. The number of carbonyl (C=O) groups excluding carboxylic acids is 2. The Bertz CT molecular complexity index is 869. The quantitative estimate of drug-likeness (QED) is 0.575. The molecule has 1 N–H and O–H groups in total. The zero-order valence-corrected chi connectivity index (χ0v) is 18.9. The van der Waals surface area contributed by atoms with Crippen molar-refractivity contribution in [3.05, 3.63) is 64.1 Å². The van der Waals surface area contributed by atoms with E-state index in [1.165, 1.54) is 0 Å². The lowest BCUT2D eigenvalue weighted by molar-refractivity contribution is -0.133. The number of amides is 2. The molecule has 3 rings (SSSR count). The van der Waals surface area contributed by atoms with Crippen molar-refractivity contribution in [2.45, 2.75) is 12.8 Å². The summed E-state index contributed by atoms with van der Waals surface area (Å²) < 4.78 is 5.74. The van der Waals surface area contributed by atoms with Gasteiger partial charge < -0.3 is 15.0 Å². The van der Waals surface area contributed by atoms with E-state index in [0.29, 0.717) is 60.4 Å². The SMILES string of the molecule is O=C(NCCCC(=O)N1CCN(CCOc2ccccc2Cl)CC1)c1ccc(Cl)cc1. The lowest BCUT2D eigenvalue weighted by atomic mass is 10.2. The first-order valence-corrected chi connectivity index (χ1v) is 11.2. The molecule has 166 valence electrons. The number of carbonyl (C=O) groups is 2. The lowest BCUT2D eigenvalue weighted by Gasteiger charge is -2.34. The molecule has 0 saturated carbocycles. The van der Waals surface area contributed by atoms with Crippen LogP contribution in [0, 0.1) is 0 Å². The van der Waals surface area contributed by atoms with E-state index >= 15 is 0 Å². The Morgan fingerprint density at radius 3 is 2.39 bits per heavy atom. The predicted molar refractivity (Wildman–Crippen MR) is 123 cm³/mol. The summed E-state index contributed by atoms with van der Waals surface area (Å²) in [5, 5.41) is 4.05. The zero-order valence-electron chi connectivity index (χ0n) is 17.4. The van der Waals surface area contributed by atoms with E-state index in [1.54, 1.807) is 24.3 Å². The van der Waals surface area contributed by atoms with Crippen LogP contribution in [0.25, 0.3) is 0 Å². The van der Waals surface area contributed by atoms with Crippen LogP contribution in [0.1, 0.15) is 23.2 Å². The molecule has 1 aliphatic heterocycles. The first-order chi connectivity index (χ1) is 15.0. The molecule has 6 nitrogen and oxygen atoms in total. The average Bonchev–Trinajstić information content (AvgIpc) is 2.78. The van der Waals surface area contributed by atoms with Crippen molar-refractivity contribution in [2.24, 2.45) is 0 Å². The summed E-state index contributed by atoms with van der Waals surface area (Å²) in [5.74, 6) is 0.672. The number of piperazine rings is 1. The number of hydrogen-bond acceptors (Lipinski definition) is 4. The van der Waals surface area contributed by atoms with Gasteiger partial charge in [0, 0.05) is 56.3 Å². The van der Waals surface area contributed by atoms with Gasteiger partial charge in [0.1, 0.15) is 12.4 Å². The predicted octanol–water partition coefficient (Wildman–Crippen LogP) is 3.73. The maximum atomic E-state index is 12.4. The number of para-hydroxylation sites is 1. The third-order valence-corrected chi connectivity index (χ3v) is 5.75. The Balaban J connectivity index is 1.28. The van der Waals surface area contributed by atoms with Crippen molar-refractivity contribution < 1.29 is 14.3 Å². The van der Waals surface area contributed by atoms with Crippen LogP contribution in [0.15, 0.2) is 48.5 Å². The van der Waals surface area contributed by atoms with Crippen molar-refractivity contribution in [2.75, 3.05) is 45.9 Å². The van der Waals surface area contributed by atoms with Crippen LogP contribution in [0.3, 0.4) is 0 Å². The van der Waals surface area contributed by atoms with Crippen molar-refractivity contribution in [1.82, 2.24) is 15.1 Å². The van der Waals surface area contributed by atoms with E-state index in [-0.39, 0.29) is 11.8 Å². The standard InChI is InChI=1S/C23H27Cl2N3O3/c24-19-9-7-18(8-10-19)23(30)26-11-3-6-22(29)28-14-12-27(13-15-28)16-17-31-21-5-2-1-4-20(21)25/h1-2,4-5,7-10H,3,6,11-17H2,(H,26,30). The Morgan fingerprint density at radius 1 is 0.968 bits per heavy atom. The number of benzene rings is 2. The fraction of sp³-hybridized carbons (Fsp3) is 0.391. The van der Waals surface area contributed by atoms with E-state index in [4.69, 9.17) is 27.9 Å². The summed E-state index contributed by atoms with van der Waals surface area (Å²) in [7, 11) is 0. The Morgan fingerprint density at radius 2 is 1.68 bits per heavy atom. The van der Waals surface area contributed by atoms with Gasteiger partial charge in [0.2, 0.25) is 5.91 Å². The van der Waals surface area contributed by atoms with Gasteiger partial charge in [0.25, 0.3) is 5.91 Å². The highest BCUT2D eigenvalue weighted by molar-refractivity contribution is 6.32. The van der Waals surface area contributed by atoms with E-state index < -0.39 is 0 Å². The molecular formula is C23H27Cl2N3O3. The monoisotopic (exact) mass is 463 g/mol. The summed E-state index contributed by atoms with van der Waals surface area (Å²) in [6, 6.07) is 14.2. The largest absolute Gasteiger partial charge is 0.491 e. The van der Waals surface area contributed by atoms with Crippen molar-refractivity contribution in [1.29, 1.82) is 0 Å². The van der Waals surface area contributed by atoms with E-state index in [9.17, 15) is 9.59 Å². The first kappa shape index (κ1) is 23.4. The van der Waals surface area contributed by atoms with Crippen LogP contribution in [-0.2, 0) is 4.79 Å². The van der Waals surface area contributed by atoms with Crippen molar-refractivity contribution in [3.8, 4) is 5.75 Å². The molecule has 1 aliphatic rings. The minimum Gasteiger partial charge on any atom is -0.491 e. The maximum absolute atomic E-state index is 12.4. The van der Waals surface area contributed by atoms with Crippen LogP contribution in [0.2, 0.25) is 10.0 Å². The summed E-state index contributed by atoms with van der Waals surface area (Å²) >= 11 is 11.9. The minimum absolute atomic E-state index is 0.132. The molecule has 0 unspecified atom stereocenters. The fourth-order valence-electron chi connectivity index (χ4n) is 3.37. The maximum Gasteiger partial charge on any atom is 0.251 e. The Labute approximate surface area is 193 Å². The van der Waals surface area contributed by atoms with Gasteiger partial charge in [-0.05, 0) is 42.8 Å². The Kier molecular flexibility index (Phi) is 9.00. The summed E-state index contributed by atoms with van der Waals surface area (Å²) in [6.45, 7) is 4.89. The van der Waals surface area contributed by atoms with Gasteiger partial charge in [-0.3, -0.25) is 14.5 Å². The second-order valence-electron chi connectivity index (χ2n) is 7.37. The molecule has 8 heteroatoms. The van der Waals surface area contributed by atoms with E-state index in [0.717, 1.165) is 19.6 Å². The lowest BCUT2D eigenvalue weighted by Crippen LogP contribution is -2.49. The van der Waals surface area contributed by atoms with Crippen molar-refractivity contribution >= 4 is 35.0 Å². The van der Waals surface area contributed by atoms with E-state index in [2.05, 4.69) is 10.2 Å². The molecular weight excluding hydrogens is 437 g/mol. The molecule has 2 aromatic rings. The molecule has 0 radical (unpaired) electrons. The molecule has 2 aromatic carbocycles. The van der Waals surface area contributed by atoms with Crippen molar-refractivity contribution in [3.63, 3.8) is 0 Å². The number of halogens is 2. The number of hydrogen-bond donors (Lipinski definition) is 1. The molecule has 1 saturated heterocycles. The second kappa shape index (κ2) is 11.9. The van der Waals surface area contributed by atoms with Gasteiger partial charge in [-0.1, -0.05) is 35.3 Å². The summed E-state index contributed by atoms with van der Waals surface area (Å²) in [6.07, 6.45) is 1.04. The zero-order chi connectivity index (χ0) is 22.1. The molecule has 0 bridgehead atoms. The van der Waals surface area contributed by atoms with Gasteiger partial charge in [-0.25, -0.2) is 0 Å². The highest BCUT2D eigenvalue weighted by Crippen LogP contribution is 2.22. The normalized spacial score (nSPS) is 14.3. The molecule has 2 amide bonds. The van der Waals surface area contributed by atoms with Gasteiger partial charge in [0.05, 0.1) is 5.02 Å². The molecule has 31 heavy (non-hydrogen) atoms. The number of ether oxygens (including phenoxy) is 1. The van der Waals surface area contributed by atoms with Crippen LogP contribution in [0.5, 0.6) is 5.75 Å². The van der Waals surface area contributed by atoms with Gasteiger partial charge in [-0.2, -0.15) is 0 Å². The molecule has 0 atom stereocenters. The molecule has 1 heterocycles. The Hall–Kier alpha value is -2.28. The second-order valence-corrected chi connectivity index (χ2v) is 8.21. The van der Waals surface area contributed by atoms with Gasteiger partial charge in [-0.15, -0.1) is 0 Å².